The van der Waals surface area contributed by atoms with Gasteiger partial charge in [-0.3, -0.25) is 4.79 Å². The smallest absolute Gasteiger partial charge is 0.305 e. The highest BCUT2D eigenvalue weighted by atomic mass is 79.9. The first-order valence-electron chi connectivity index (χ1n) is 6.39. The van der Waals surface area contributed by atoms with Gasteiger partial charge in [0.2, 0.25) is 0 Å². The van der Waals surface area contributed by atoms with E-state index in [1.165, 1.54) is 7.11 Å². The van der Waals surface area contributed by atoms with Crippen LogP contribution in [0.2, 0.25) is 0 Å². The summed E-state index contributed by atoms with van der Waals surface area (Å²) < 4.78 is 5.62. The Balaban J connectivity index is 2.28. The molecule has 0 aliphatic carbocycles. The highest BCUT2D eigenvalue weighted by Crippen LogP contribution is 2.16. The molecule has 0 aromatic heterocycles. The summed E-state index contributed by atoms with van der Waals surface area (Å²) in [6.45, 7) is 2.69. The normalized spacial score (nSPS) is 11.6. The third-order valence-corrected chi connectivity index (χ3v) is 3.58. The Morgan fingerprint density at radius 3 is 2.65 bits per heavy atom. The highest BCUT2D eigenvalue weighted by Gasteiger charge is 2.06. The molecule has 0 spiro atoms. The second kappa shape index (κ2) is 8.92. The molecule has 110 valence electrons. The average molecular weight is 359 g/mol. The van der Waals surface area contributed by atoms with Crippen LogP contribution in [0, 0.1) is 0 Å². The molecule has 0 fully saturated rings. The number of methoxy groups -OCH3 is 1. The molecule has 20 heavy (non-hydrogen) atoms. The van der Waals surface area contributed by atoms with Crippen molar-refractivity contribution < 1.29 is 9.53 Å². The molecule has 0 bridgehead atoms. The van der Waals surface area contributed by atoms with Crippen LogP contribution < -0.4 is 10.6 Å². The van der Waals surface area contributed by atoms with Crippen LogP contribution in [0.4, 0.5) is 0 Å². The maximum Gasteiger partial charge on any atom is 0.305 e. The van der Waals surface area contributed by atoms with E-state index < -0.39 is 0 Å². The standard InChI is InChI=1S/C14H19BrN2O2S/c1-10(11-5-7-12(15)8-6-11)17-14(20)16-9-3-4-13(18)19-2/h5-8,10H,3-4,9H2,1-2H3,(H2,16,17,20)/t10-/m0/s1. The number of halogens is 1. The lowest BCUT2D eigenvalue weighted by Crippen LogP contribution is -2.37. The van der Waals surface area contributed by atoms with Gasteiger partial charge < -0.3 is 15.4 Å². The summed E-state index contributed by atoms with van der Waals surface area (Å²) in [5, 5.41) is 6.87. The van der Waals surface area contributed by atoms with Crippen molar-refractivity contribution in [2.24, 2.45) is 0 Å². The fourth-order valence-corrected chi connectivity index (χ4v) is 2.16. The van der Waals surface area contributed by atoms with E-state index in [0.717, 1.165) is 10.0 Å². The molecule has 1 atom stereocenters. The Bertz CT molecular complexity index is 451. The van der Waals surface area contributed by atoms with E-state index >= 15 is 0 Å². The van der Waals surface area contributed by atoms with E-state index in [-0.39, 0.29) is 12.0 Å². The molecule has 1 rings (SSSR count). The molecule has 6 heteroatoms. The fraction of sp³-hybridized carbons (Fsp3) is 0.429. The number of hydrogen-bond donors (Lipinski definition) is 2. The minimum atomic E-state index is -0.200. The van der Waals surface area contributed by atoms with Gasteiger partial charge in [0.25, 0.3) is 0 Å². The molecule has 4 nitrogen and oxygen atoms in total. The molecule has 0 aliphatic heterocycles. The van der Waals surface area contributed by atoms with Crippen molar-refractivity contribution in [2.45, 2.75) is 25.8 Å². The van der Waals surface area contributed by atoms with Crippen LogP contribution in [0.1, 0.15) is 31.4 Å². The second-order valence-electron chi connectivity index (χ2n) is 4.35. The number of esters is 1. The lowest BCUT2D eigenvalue weighted by molar-refractivity contribution is -0.140. The first-order chi connectivity index (χ1) is 9.52. The molecule has 0 heterocycles. The van der Waals surface area contributed by atoms with Crippen molar-refractivity contribution in [3.05, 3.63) is 34.3 Å². The largest absolute Gasteiger partial charge is 0.469 e. The van der Waals surface area contributed by atoms with Gasteiger partial charge in [0.15, 0.2) is 5.11 Å². The summed E-state index contributed by atoms with van der Waals surface area (Å²) in [7, 11) is 1.39. The van der Waals surface area contributed by atoms with Crippen LogP contribution in [-0.2, 0) is 9.53 Å². The number of rotatable bonds is 6. The van der Waals surface area contributed by atoms with Crippen molar-refractivity contribution in [2.75, 3.05) is 13.7 Å². The van der Waals surface area contributed by atoms with Gasteiger partial charge in [0.05, 0.1) is 13.2 Å². The first-order valence-corrected chi connectivity index (χ1v) is 7.59. The van der Waals surface area contributed by atoms with Crippen molar-refractivity contribution >= 4 is 39.2 Å². The molecule has 1 aromatic carbocycles. The number of ether oxygens (including phenoxy) is 1. The maximum atomic E-state index is 10.9. The highest BCUT2D eigenvalue weighted by molar-refractivity contribution is 9.10. The molecular weight excluding hydrogens is 340 g/mol. The minimum absolute atomic E-state index is 0.128. The van der Waals surface area contributed by atoms with E-state index in [2.05, 4.69) is 31.3 Å². The Labute approximate surface area is 133 Å². The predicted molar refractivity (Wildman–Crippen MR) is 87.5 cm³/mol. The van der Waals surface area contributed by atoms with Gasteiger partial charge in [0.1, 0.15) is 0 Å². The first kappa shape index (κ1) is 16.9. The molecule has 0 amide bonds. The van der Waals surface area contributed by atoms with Crippen LogP contribution in [0.5, 0.6) is 0 Å². The van der Waals surface area contributed by atoms with E-state index in [9.17, 15) is 4.79 Å². The van der Waals surface area contributed by atoms with Crippen molar-refractivity contribution in [1.82, 2.24) is 10.6 Å². The van der Waals surface area contributed by atoms with Crippen molar-refractivity contribution in [3.8, 4) is 0 Å². The zero-order valence-corrected chi connectivity index (χ0v) is 14.0. The lowest BCUT2D eigenvalue weighted by Gasteiger charge is -2.17. The molecule has 0 unspecified atom stereocenters. The zero-order valence-electron chi connectivity index (χ0n) is 11.6. The third-order valence-electron chi connectivity index (χ3n) is 2.79. The summed E-state index contributed by atoms with van der Waals surface area (Å²) in [5.41, 5.74) is 1.16. The third kappa shape index (κ3) is 6.34. The molecule has 0 saturated heterocycles. The predicted octanol–water partition coefficient (Wildman–Crippen LogP) is 2.93. The Kier molecular flexibility index (Phi) is 7.54. The van der Waals surface area contributed by atoms with Gasteiger partial charge in [-0.05, 0) is 43.3 Å². The van der Waals surface area contributed by atoms with Crippen LogP contribution in [0.15, 0.2) is 28.7 Å². The number of benzene rings is 1. The summed E-state index contributed by atoms with van der Waals surface area (Å²) >= 11 is 8.62. The number of carbonyl (C=O) groups is 1. The summed E-state index contributed by atoms with van der Waals surface area (Å²) in [6, 6.07) is 8.22. The average Bonchev–Trinajstić information content (AvgIpc) is 2.43. The van der Waals surface area contributed by atoms with Crippen LogP contribution >= 0.6 is 28.1 Å². The van der Waals surface area contributed by atoms with Gasteiger partial charge in [0, 0.05) is 17.4 Å². The topological polar surface area (TPSA) is 50.4 Å². The van der Waals surface area contributed by atoms with E-state index in [4.69, 9.17) is 12.2 Å². The maximum absolute atomic E-state index is 10.9. The summed E-state index contributed by atoms with van der Waals surface area (Å²) in [5.74, 6) is -0.200. The quantitative estimate of drug-likeness (QED) is 0.465. The van der Waals surface area contributed by atoms with Crippen LogP contribution in [0.3, 0.4) is 0 Å². The SMILES string of the molecule is COC(=O)CCCNC(=S)N[C@@H](C)c1ccc(Br)cc1. The Morgan fingerprint density at radius 2 is 2.05 bits per heavy atom. The monoisotopic (exact) mass is 358 g/mol. The molecule has 0 radical (unpaired) electrons. The van der Waals surface area contributed by atoms with Gasteiger partial charge >= 0.3 is 5.97 Å². The lowest BCUT2D eigenvalue weighted by atomic mass is 10.1. The number of nitrogens with one attached hydrogen (secondary N) is 2. The van der Waals surface area contributed by atoms with E-state index in [1.807, 2.05) is 31.2 Å². The Morgan fingerprint density at radius 1 is 1.40 bits per heavy atom. The summed E-state index contributed by atoms with van der Waals surface area (Å²) in [6.07, 6.45) is 1.09. The van der Waals surface area contributed by atoms with Gasteiger partial charge in [-0.2, -0.15) is 0 Å². The summed E-state index contributed by atoms with van der Waals surface area (Å²) in [4.78, 5) is 10.9. The molecule has 0 saturated carbocycles. The zero-order chi connectivity index (χ0) is 15.0. The second-order valence-corrected chi connectivity index (χ2v) is 5.68. The molecule has 1 aromatic rings. The number of hydrogen-bond acceptors (Lipinski definition) is 3. The van der Waals surface area contributed by atoms with Crippen molar-refractivity contribution in [1.29, 1.82) is 0 Å². The molecule has 0 aliphatic rings. The molecule has 2 N–H and O–H groups in total. The van der Waals surface area contributed by atoms with Crippen molar-refractivity contribution in [3.63, 3.8) is 0 Å². The molecular formula is C14H19BrN2O2S. The van der Waals surface area contributed by atoms with Gasteiger partial charge in [-0.15, -0.1) is 0 Å². The fourth-order valence-electron chi connectivity index (χ4n) is 1.62. The minimum Gasteiger partial charge on any atom is -0.469 e. The van der Waals surface area contributed by atoms with Crippen LogP contribution in [0.25, 0.3) is 0 Å². The van der Waals surface area contributed by atoms with Gasteiger partial charge in [-0.25, -0.2) is 0 Å². The van der Waals surface area contributed by atoms with E-state index in [0.29, 0.717) is 24.5 Å². The Hall–Kier alpha value is -1.14. The number of thiocarbonyl (C=S) groups is 1. The van der Waals surface area contributed by atoms with Gasteiger partial charge in [-0.1, -0.05) is 28.1 Å². The number of carbonyl (C=O) groups excluding carboxylic acids is 1. The van der Waals surface area contributed by atoms with Crippen LogP contribution in [-0.4, -0.2) is 24.7 Å². The van der Waals surface area contributed by atoms with E-state index in [1.54, 1.807) is 0 Å².